The van der Waals surface area contributed by atoms with E-state index in [-0.39, 0.29) is 29.7 Å². The van der Waals surface area contributed by atoms with E-state index in [1.165, 1.54) is 12.1 Å². The summed E-state index contributed by atoms with van der Waals surface area (Å²) in [5.74, 6) is 0.877. The Hall–Kier alpha value is -1.91. The second-order valence-electron chi connectivity index (χ2n) is 5.30. The van der Waals surface area contributed by atoms with Crippen LogP contribution in [0.15, 0.2) is 41.7 Å². The Kier molecular flexibility index (Phi) is 8.59. The molecule has 0 aliphatic rings. The molecule has 6 nitrogen and oxygen atoms in total. The van der Waals surface area contributed by atoms with Gasteiger partial charge < -0.3 is 15.0 Å². The largest absolute Gasteiger partial charge is 0.435 e. The Labute approximate surface area is 162 Å². The zero-order valence-corrected chi connectivity index (χ0v) is 16.6. The average molecular weight is 465 g/mol. The molecule has 0 unspecified atom stereocenters. The minimum atomic E-state index is -2.81. The molecule has 2 aromatic rings. The Bertz CT molecular complexity index is 675. The first kappa shape index (κ1) is 21.1. The lowest BCUT2D eigenvalue weighted by atomic mass is 10.2. The van der Waals surface area contributed by atoms with Gasteiger partial charge in [0.1, 0.15) is 5.75 Å². The number of hydrogen-bond acceptors (Lipinski definition) is 3. The summed E-state index contributed by atoms with van der Waals surface area (Å²) in [6, 6.07) is 6.56. The highest BCUT2D eigenvalue weighted by molar-refractivity contribution is 14.0. The molecule has 0 radical (unpaired) electrons. The van der Waals surface area contributed by atoms with E-state index in [0.717, 1.165) is 17.1 Å². The van der Waals surface area contributed by atoms with Crippen LogP contribution in [0.3, 0.4) is 0 Å². The fourth-order valence-corrected chi connectivity index (χ4v) is 2.25. The molecule has 1 aromatic carbocycles. The first-order valence-corrected chi connectivity index (χ1v) is 7.41. The van der Waals surface area contributed by atoms with E-state index in [0.29, 0.717) is 13.1 Å². The van der Waals surface area contributed by atoms with Crippen molar-refractivity contribution in [3.8, 4) is 5.75 Å². The number of rotatable bonds is 6. The molecule has 138 valence electrons. The molecule has 0 aliphatic heterocycles. The van der Waals surface area contributed by atoms with E-state index in [1.54, 1.807) is 30.1 Å². The number of aryl methyl sites for hydroxylation is 1. The highest BCUT2D eigenvalue weighted by atomic mass is 127. The van der Waals surface area contributed by atoms with Crippen molar-refractivity contribution in [2.24, 2.45) is 12.0 Å². The van der Waals surface area contributed by atoms with Gasteiger partial charge in [-0.15, -0.1) is 24.0 Å². The molecule has 1 aromatic heterocycles. The van der Waals surface area contributed by atoms with Crippen molar-refractivity contribution < 1.29 is 13.5 Å². The molecule has 0 spiro atoms. The number of alkyl halides is 2. The number of halogens is 3. The lowest BCUT2D eigenvalue weighted by Crippen LogP contribution is -2.37. The van der Waals surface area contributed by atoms with Crippen LogP contribution < -0.4 is 10.1 Å². The fourth-order valence-electron chi connectivity index (χ4n) is 2.25. The molecule has 25 heavy (non-hydrogen) atoms. The molecule has 0 saturated heterocycles. The van der Waals surface area contributed by atoms with E-state index in [1.807, 2.05) is 25.2 Å². The summed E-state index contributed by atoms with van der Waals surface area (Å²) in [5.41, 5.74) is 2.02. The maximum Gasteiger partial charge on any atom is 0.387 e. The maximum atomic E-state index is 12.1. The Balaban J connectivity index is 0.00000312. The zero-order chi connectivity index (χ0) is 17.5. The van der Waals surface area contributed by atoms with Crippen LogP contribution in [0.4, 0.5) is 8.78 Å². The third-order valence-corrected chi connectivity index (χ3v) is 3.35. The highest BCUT2D eigenvalue weighted by Crippen LogP contribution is 2.15. The van der Waals surface area contributed by atoms with Gasteiger partial charge in [0.25, 0.3) is 0 Å². The zero-order valence-electron chi connectivity index (χ0n) is 14.3. The van der Waals surface area contributed by atoms with Gasteiger partial charge in [-0.25, -0.2) is 0 Å². The van der Waals surface area contributed by atoms with Crippen LogP contribution in [-0.2, 0) is 20.1 Å². The summed E-state index contributed by atoms with van der Waals surface area (Å²) >= 11 is 0. The minimum Gasteiger partial charge on any atom is -0.435 e. The first-order chi connectivity index (χ1) is 11.5. The second kappa shape index (κ2) is 10.2. The van der Waals surface area contributed by atoms with Crippen LogP contribution in [0.1, 0.15) is 11.1 Å². The van der Waals surface area contributed by atoms with Gasteiger partial charge in [0, 0.05) is 46.0 Å². The van der Waals surface area contributed by atoms with E-state index in [2.05, 4.69) is 20.1 Å². The first-order valence-electron chi connectivity index (χ1n) is 7.41. The summed E-state index contributed by atoms with van der Waals surface area (Å²) in [6.07, 6.45) is 3.73. The van der Waals surface area contributed by atoms with Crippen LogP contribution in [0.25, 0.3) is 0 Å². The normalized spacial score (nSPS) is 11.2. The van der Waals surface area contributed by atoms with Gasteiger partial charge in [0.2, 0.25) is 0 Å². The molecule has 1 heterocycles. The highest BCUT2D eigenvalue weighted by Gasteiger charge is 2.08. The molecule has 1 N–H and O–H groups in total. The van der Waals surface area contributed by atoms with E-state index in [4.69, 9.17) is 0 Å². The number of guanidine groups is 1. The van der Waals surface area contributed by atoms with Crippen molar-refractivity contribution in [1.29, 1.82) is 0 Å². The van der Waals surface area contributed by atoms with Gasteiger partial charge in [-0.1, -0.05) is 12.1 Å². The molecule has 0 amide bonds. The fraction of sp³-hybridized carbons (Fsp3) is 0.375. The predicted molar refractivity (Wildman–Crippen MR) is 103 cm³/mol. The van der Waals surface area contributed by atoms with Gasteiger partial charge in [-0.2, -0.15) is 13.9 Å². The van der Waals surface area contributed by atoms with E-state index < -0.39 is 6.61 Å². The molecule has 0 aliphatic carbocycles. The van der Waals surface area contributed by atoms with Gasteiger partial charge >= 0.3 is 6.61 Å². The number of aromatic nitrogens is 2. The van der Waals surface area contributed by atoms with E-state index in [9.17, 15) is 8.78 Å². The summed E-state index contributed by atoms with van der Waals surface area (Å²) in [4.78, 5) is 6.19. The van der Waals surface area contributed by atoms with Crippen molar-refractivity contribution in [2.45, 2.75) is 19.7 Å². The number of hydrogen-bond donors (Lipinski definition) is 1. The molecule has 0 bridgehead atoms. The Morgan fingerprint density at radius 2 is 2.00 bits per heavy atom. The van der Waals surface area contributed by atoms with E-state index >= 15 is 0 Å². The van der Waals surface area contributed by atoms with Crippen LogP contribution in [0, 0.1) is 0 Å². The summed E-state index contributed by atoms with van der Waals surface area (Å²) in [7, 11) is 5.48. The van der Waals surface area contributed by atoms with Gasteiger partial charge in [-0.05, 0) is 17.7 Å². The van der Waals surface area contributed by atoms with Crippen molar-refractivity contribution in [2.75, 3.05) is 14.1 Å². The maximum absolute atomic E-state index is 12.1. The van der Waals surface area contributed by atoms with Gasteiger partial charge in [0.15, 0.2) is 5.96 Å². The third kappa shape index (κ3) is 6.85. The topological polar surface area (TPSA) is 54.7 Å². The minimum absolute atomic E-state index is 0. The van der Waals surface area contributed by atoms with Crippen molar-refractivity contribution in [3.05, 3.63) is 47.8 Å². The molecule has 0 atom stereocenters. The quantitative estimate of drug-likeness (QED) is 0.405. The molecule has 2 rings (SSSR count). The number of nitrogens with zero attached hydrogens (tertiary/aromatic N) is 4. The Morgan fingerprint density at radius 3 is 2.52 bits per heavy atom. The standard InChI is InChI=1S/C16H21F2N5O.HI/c1-19-16(20-8-13-9-21-23(3)11-13)22(2)10-12-4-6-14(7-5-12)24-15(17)18;/h4-7,9,11,15H,8,10H2,1-3H3,(H,19,20);1H. The lowest BCUT2D eigenvalue weighted by Gasteiger charge is -2.22. The van der Waals surface area contributed by atoms with Crippen LogP contribution in [0.5, 0.6) is 5.75 Å². The predicted octanol–water partition coefficient (Wildman–Crippen LogP) is 2.85. The molecular weight excluding hydrogens is 443 g/mol. The van der Waals surface area contributed by atoms with Gasteiger partial charge in [-0.3, -0.25) is 9.67 Å². The SMILES string of the molecule is CN=C(NCc1cnn(C)c1)N(C)Cc1ccc(OC(F)F)cc1.I. The number of nitrogens with one attached hydrogen (secondary N) is 1. The number of ether oxygens (including phenoxy) is 1. The van der Waals surface area contributed by atoms with Crippen LogP contribution in [-0.4, -0.2) is 41.3 Å². The van der Waals surface area contributed by atoms with Crippen molar-refractivity contribution in [3.63, 3.8) is 0 Å². The smallest absolute Gasteiger partial charge is 0.387 e. The summed E-state index contributed by atoms with van der Waals surface area (Å²) < 4.78 is 30.4. The summed E-state index contributed by atoms with van der Waals surface area (Å²) in [6.45, 7) is -1.61. The van der Waals surface area contributed by atoms with Crippen molar-refractivity contribution >= 4 is 29.9 Å². The Morgan fingerprint density at radius 1 is 1.32 bits per heavy atom. The molecule has 0 fully saturated rings. The molecular formula is C16H22F2IN5O. The van der Waals surface area contributed by atoms with Crippen LogP contribution >= 0.6 is 24.0 Å². The number of aliphatic imine (C=N–C) groups is 1. The van der Waals surface area contributed by atoms with Crippen LogP contribution in [0.2, 0.25) is 0 Å². The van der Waals surface area contributed by atoms with Crippen molar-refractivity contribution in [1.82, 2.24) is 20.0 Å². The average Bonchev–Trinajstić information content (AvgIpc) is 2.95. The van der Waals surface area contributed by atoms with Gasteiger partial charge in [0.05, 0.1) is 6.20 Å². The monoisotopic (exact) mass is 465 g/mol. The molecule has 9 heteroatoms. The molecule has 0 saturated carbocycles. The summed E-state index contributed by atoms with van der Waals surface area (Å²) in [5, 5.41) is 7.37. The lowest BCUT2D eigenvalue weighted by molar-refractivity contribution is -0.0498. The third-order valence-electron chi connectivity index (χ3n) is 3.35. The second-order valence-corrected chi connectivity index (χ2v) is 5.30. The number of benzene rings is 1.